The van der Waals surface area contributed by atoms with Crippen LogP contribution in [-0.2, 0) is 11.3 Å². The molecule has 0 aliphatic carbocycles. The Balaban J connectivity index is 1.56. The van der Waals surface area contributed by atoms with E-state index in [0.717, 1.165) is 17.4 Å². The second-order valence-corrected chi connectivity index (χ2v) is 5.23. The Morgan fingerprint density at radius 1 is 1.37 bits per heavy atom. The van der Waals surface area contributed by atoms with Crippen molar-refractivity contribution in [3.63, 3.8) is 0 Å². The van der Waals surface area contributed by atoms with Gasteiger partial charge in [0.05, 0.1) is 17.3 Å². The van der Waals surface area contributed by atoms with Crippen molar-refractivity contribution in [3.05, 3.63) is 30.0 Å². The predicted molar refractivity (Wildman–Crippen MR) is 72.8 cm³/mol. The quantitative estimate of drug-likeness (QED) is 0.773. The third kappa shape index (κ3) is 2.94. The van der Waals surface area contributed by atoms with E-state index in [0.29, 0.717) is 32.6 Å². The first-order valence-corrected chi connectivity index (χ1v) is 6.68. The van der Waals surface area contributed by atoms with Gasteiger partial charge in [0.25, 0.3) is 0 Å². The highest BCUT2D eigenvalue weighted by molar-refractivity contribution is 5.78. The summed E-state index contributed by atoms with van der Waals surface area (Å²) in [4.78, 5) is 0. The minimum atomic E-state index is -0.615. The number of aromatic amines is 1. The van der Waals surface area contributed by atoms with Crippen molar-refractivity contribution in [2.75, 3.05) is 19.8 Å². The molecule has 5 nitrogen and oxygen atoms in total. The summed E-state index contributed by atoms with van der Waals surface area (Å²) < 4.78 is 5.27. The maximum Gasteiger partial charge on any atom is 0.0815 e. The van der Waals surface area contributed by atoms with Gasteiger partial charge in [-0.3, -0.25) is 5.10 Å². The number of nitrogens with one attached hydrogen (secondary N) is 2. The van der Waals surface area contributed by atoms with Crippen molar-refractivity contribution < 1.29 is 9.84 Å². The van der Waals surface area contributed by atoms with Gasteiger partial charge in [0, 0.05) is 44.5 Å². The summed E-state index contributed by atoms with van der Waals surface area (Å²) in [5.74, 6) is 0. The first-order valence-electron chi connectivity index (χ1n) is 6.68. The zero-order valence-corrected chi connectivity index (χ0v) is 10.9. The summed E-state index contributed by atoms with van der Waals surface area (Å²) in [6.45, 7) is 2.66. The first kappa shape index (κ1) is 12.6. The number of benzene rings is 1. The normalized spacial score (nSPS) is 18.8. The van der Waals surface area contributed by atoms with Crippen molar-refractivity contribution in [1.82, 2.24) is 15.5 Å². The SMILES string of the molecule is OC1(CNCc2ccc3cn[nH]c3c2)CCOCC1. The van der Waals surface area contributed by atoms with Crippen LogP contribution in [0.5, 0.6) is 0 Å². The van der Waals surface area contributed by atoms with E-state index in [4.69, 9.17) is 4.74 Å². The standard InChI is InChI=1S/C14H19N3O2/c18-14(3-5-19-6-4-14)10-15-8-11-1-2-12-9-16-17-13(12)7-11/h1-2,7,9,15,18H,3-6,8,10H2,(H,16,17). The number of hydrogen-bond donors (Lipinski definition) is 3. The van der Waals surface area contributed by atoms with Crippen molar-refractivity contribution in [3.8, 4) is 0 Å². The first-order chi connectivity index (χ1) is 9.25. The fraction of sp³-hybridized carbons (Fsp3) is 0.500. The van der Waals surface area contributed by atoms with Crippen molar-refractivity contribution in [2.24, 2.45) is 0 Å². The van der Waals surface area contributed by atoms with Crippen LogP contribution in [0.25, 0.3) is 10.9 Å². The fourth-order valence-corrected chi connectivity index (χ4v) is 2.46. The summed E-state index contributed by atoms with van der Waals surface area (Å²) in [6.07, 6.45) is 3.23. The number of aromatic nitrogens is 2. The Hall–Kier alpha value is -1.43. The predicted octanol–water partition coefficient (Wildman–Crippen LogP) is 1.19. The van der Waals surface area contributed by atoms with Crippen LogP contribution < -0.4 is 5.32 Å². The van der Waals surface area contributed by atoms with Gasteiger partial charge in [-0.15, -0.1) is 0 Å². The summed E-state index contributed by atoms with van der Waals surface area (Å²) in [5.41, 5.74) is 1.62. The molecule has 19 heavy (non-hydrogen) atoms. The molecule has 0 bridgehead atoms. The molecule has 0 unspecified atom stereocenters. The third-order valence-electron chi connectivity index (χ3n) is 3.71. The van der Waals surface area contributed by atoms with Gasteiger partial charge in [-0.1, -0.05) is 12.1 Å². The maximum absolute atomic E-state index is 10.3. The second kappa shape index (κ2) is 5.28. The van der Waals surface area contributed by atoms with Gasteiger partial charge in [0.2, 0.25) is 0 Å². The molecule has 1 saturated heterocycles. The molecular weight excluding hydrogens is 242 g/mol. The van der Waals surface area contributed by atoms with Gasteiger partial charge in [0.15, 0.2) is 0 Å². The molecule has 0 amide bonds. The van der Waals surface area contributed by atoms with Crippen LogP contribution in [0.15, 0.2) is 24.4 Å². The zero-order chi connectivity index (χ0) is 13.1. The van der Waals surface area contributed by atoms with Gasteiger partial charge in [0.1, 0.15) is 0 Å². The molecule has 1 aromatic heterocycles. The zero-order valence-electron chi connectivity index (χ0n) is 10.9. The lowest BCUT2D eigenvalue weighted by atomic mass is 9.94. The van der Waals surface area contributed by atoms with E-state index in [1.807, 2.05) is 6.20 Å². The van der Waals surface area contributed by atoms with Crippen LogP contribution in [0.3, 0.4) is 0 Å². The number of ether oxygens (including phenoxy) is 1. The van der Waals surface area contributed by atoms with Crippen LogP contribution >= 0.6 is 0 Å². The highest BCUT2D eigenvalue weighted by atomic mass is 16.5. The van der Waals surface area contributed by atoms with Gasteiger partial charge < -0.3 is 15.2 Å². The van der Waals surface area contributed by atoms with Crippen molar-refractivity contribution in [1.29, 1.82) is 0 Å². The van der Waals surface area contributed by atoms with Gasteiger partial charge in [-0.25, -0.2) is 0 Å². The van der Waals surface area contributed by atoms with E-state index < -0.39 is 5.60 Å². The molecule has 0 saturated carbocycles. The highest BCUT2D eigenvalue weighted by Gasteiger charge is 2.28. The lowest BCUT2D eigenvalue weighted by Crippen LogP contribution is -2.44. The minimum absolute atomic E-state index is 0.609. The van der Waals surface area contributed by atoms with Crippen molar-refractivity contribution >= 4 is 10.9 Å². The number of H-pyrrole nitrogens is 1. The molecule has 2 aromatic rings. The van der Waals surface area contributed by atoms with Crippen LogP contribution in [0.4, 0.5) is 0 Å². The average Bonchev–Trinajstić information content (AvgIpc) is 2.87. The molecule has 0 atom stereocenters. The summed E-state index contributed by atoms with van der Waals surface area (Å²) in [5, 5.41) is 21.7. The smallest absolute Gasteiger partial charge is 0.0815 e. The minimum Gasteiger partial charge on any atom is -0.388 e. The van der Waals surface area contributed by atoms with E-state index in [9.17, 15) is 5.11 Å². The van der Waals surface area contributed by atoms with E-state index in [2.05, 4.69) is 33.7 Å². The molecule has 1 aromatic carbocycles. The molecule has 3 N–H and O–H groups in total. The molecule has 0 spiro atoms. The maximum atomic E-state index is 10.3. The molecule has 5 heteroatoms. The highest BCUT2D eigenvalue weighted by Crippen LogP contribution is 2.19. The molecule has 2 heterocycles. The van der Waals surface area contributed by atoms with Gasteiger partial charge in [-0.2, -0.15) is 5.10 Å². The van der Waals surface area contributed by atoms with E-state index in [1.54, 1.807) is 0 Å². The Bertz CT molecular complexity index is 546. The second-order valence-electron chi connectivity index (χ2n) is 5.23. The molecule has 102 valence electrons. The molecule has 1 aliphatic rings. The Kier molecular flexibility index (Phi) is 3.50. The van der Waals surface area contributed by atoms with Crippen LogP contribution in [-0.4, -0.2) is 40.7 Å². The largest absolute Gasteiger partial charge is 0.388 e. The van der Waals surface area contributed by atoms with E-state index >= 15 is 0 Å². The monoisotopic (exact) mass is 261 g/mol. The van der Waals surface area contributed by atoms with Gasteiger partial charge >= 0.3 is 0 Å². The summed E-state index contributed by atoms with van der Waals surface area (Å²) in [6, 6.07) is 6.22. The summed E-state index contributed by atoms with van der Waals surface area (Å²) >= 11 is 0. The Morgan fingerprint density at radius 3 is 3.05 bits per heavy atom. The molecule has 1 fully saturated rings. The molecule has 1 aliphatic heterocycles. The van der Waals surface area contributed by atoms with E-state index in [1.165, 1.54) is 5.56 Å². The summed E-state index contributed by atoms with van der Waals surface area (Å²) in [7, 11) is 0. The van der Waals surface area contributed by atoms with E-state index in [-0.39, 0.29) is 0 Å². The Labute approximate surface area is 112 Å². The van der Waals surface area contributed by atoms with Crippen molar-refractivity contribution in [2.45, 2.75) is 25.0 Å². The molecular formula is C14H19N3O2. The average molecular weight is 261 g/mol. The molecule has 0 radical (unpaired) electrons. The number of rotatable bonds is 4. The lowest BCUT2D eigenvalue weighted by Gasteiger charge is -2.32. The topological polar surface area (TPSA) is 70.2 Å². The third-order valence-corrected chi connectivity index (χ3v) is 3.71. The fourth-order valence-electron chi connectivity index (χ4n) is 2.46. The number of fused-ring (bicyclic) bond motifs is 1. The molecule has 3 rings (SSSR count). The van der Waals surface area contributed by atoms with Crippen LogP contribution in [0, 0.1) is 0 Å². The lowest BCUT2D eigenvalue weighted by molar-refractivity contribution is -0.0616. The van der Waals surface area contributed by atoms with Crippen LogP contribution in [0.2, 0.25) is 0 Å². The number of nitrogens with zero attached hydrogens (tertiary/aromatic N) is 1. The number of aliphatic hydroxyl groups is 1. The number of hydrogen-bond acceptors (Lipinski definition) is 4. The Morgan fingerprint density at radius 2 is 2.21 bits per heavy atom. The van der Waals surface area contributed by atoms with Crippen LogP contribution in [0.1, 0.15) is 18.4 Å². The van der Waals surface area contributed by atoms with Gasteiger partial charge in [-0.05, 0) is 11.6 Å².